The summed E-state index contributed by atoms with van der Waals surface area (Å²) in [5, 5.41) is 3.92. The number of allylic oxidation sites excluding steroid dienone is 1. The van der Waals surface area contributed by atoms with E-state index in [0.717, 1.165) is 41.6 Å². The van der Waals surface area contributed by atoms with Gasteiger partial charge in [0.15, 0.2) is 5.17 Å². The first-order valence-corrected chi connectivity index (χ1v) is 12.2. The molecule has 4 nitrogen and oxygen atoms in total. The molecule has 0 aromatic heterocycles. The van der Waals surface area contributed by atoms with Gasteiger partial charge in [0.05, 0.1) is 26.2 Å². The van der Waals surface area contributed by atoms with Crippen molar-refractivity contribution in [2.45, 2.75) is 39.7 Å². The van der Waals surface area contributed by atoms with Crippen molar-refractivity contribution in [3.05, 3.63) is 68.3 Å². The Bertz CT molecular complexity index is 1240. The van der Waals surface area contributed by atoms with Gasteiger partial charge in [-0.3, -0.25) is 4.79 Å². The lowest BCUT2D eigenvalue weighted by atomic mass is 9.87. The second kappa shape index (κ2) is 9.16. The summed E-state index contributed by atoms with van der Waals surface area (Å²) in [7, 11) is 0. The summed E-state index contributed by atoms with van der Waals surface area (Å²) in [5.74, 6) is -0.687. The van der Waals surface area contributed by atoms with Crippen LogP contribution in [0.3, 0.4) is 0 Å². The molecular formula is C25H24Cl2FN3OS. The largest absolute Gasteiger partial charge is 0.362 e. The lowest BCUT2D eigenvalue weighted by molar-refractivity contribution is -0.115. The number of hydrogen-bond acceptors (Lipinski definition) is 4. The highest BCUT2D eigenvalue weighted by atomic mass is 35.5. The van der Waals surface area contributed by atoms with E-state index < -0.39 is 0 Å². The number of anilines is 1. The molecule has 33 heavy (non-hydrogen) atoms. The highest BCUT2D eigenvalue weighted by molar-refractivity contribution is 8.18. The van der Waals surface area contributed by atoms with Crippen LogP contribution in [0.5, 0.6) is 0 Å². The number of amides is 1. The Morgan fingerprint density at radius 2 is 1.97 bits per heavy atom. The number of benzene rings is 2. The number of carbonyl (C=O) groups is 1. The van der Waals surface area contributed by atoms with E-state index in [4.69, 9.17) is 23.2 Å². The summed E-state index contributed by atoms with van der Waals surface area (Å²) in [6.45, 7) is 9.26. The molecule has 0 radical (unpaired) electrons. The van der Waals surface area contributed by atoms with Crippen LogP contribution in [0.15, 0.2) is 46.3 Å². The predicted molar refractivity (Wildman–Crippen MR) is 139 cm³/mol. The Morgan fingerprint density at radius 3 is 2.67 bits per heavy atom. The van der Waals surface area contributed by atoms with E-state index in [-0.39, 0.29) is 17.3 Å². The average Bonchev–Trinajstić information content (AvgIpc) is 3.07. The van der Waals surface area contributed by atoms with E-state index in [2.05, 4.69) is 42.1 Å². The van der Waals surface area contributed by atoms with Crippen LogP contribution in [0.1, 0.15) is 45.2 Å². The maximum absolute atomic E-state index is 15.2. The molecule has 1 amide bonds. The first-order chi connectivity index (χ1) is 15.6. The SMILES string of the molecule is CCCN1c2cc(F)c(/C=C3/SC(=Nc4ccc(Cl)c(Cl)c4)NC3=O)cc2C(C)=CC1(C)C. The zero-order valence-corrected chi connectivity index (χ0v) is 21.1. The molecule has 0 atom stereocenters. The molecule has 2 aliphatic heterocycles. The number of fused-ring (bicyclic) bond motifs is 1. The summed E-state index contributed by atoms with van der Waals surface area (Å²) >= 11 is 13.1. The van der Waals surface area contributed by atoms with Crippen molar-refractivity contribution >= 4 is 69.1 Å². The smallest absolute Gasteiger partial charge is 0.264 e. The first-order valence-electron chi connectivity index (χ1n) is 10.6. The monoisotopic (exact) mass is 503 g/mol. The van der Waals surface area contributed by atoms with Gasteiger partial charge >= 0.3 is 0 Å². The number of nitrogens with one attached hydrogen (secondary N) is 1. The third-order valence-corrected chi connectivity index (χ3v) is 7.26. The molecule has 8 heteroatoms. The van der Waals surface area contributed by atoms with Crippen LogP contribution in [-0.4, -0.2) is 23.2 Å². The van der Waals surface area contributed by atoms with E-state index in [0.29, 0.717) is 31.4 Å². The Balaban J connectivity index is 1.67. The van der Waals surface area contributed by atoms with Gasteiger partial charge in [-0.05, 0) is 80.9 Å². The highest BCUT2D eigenvalue weighted by Gasteiger charge is 2.32. The predicted octanol–water partition coefficient (Wildman–Crippen LogP) is 7.44. The van der Waals surface area contributed by atoms with Crippen LogP contribution in [0.25, 0.3) is 11.6 Å². The van der Waals surface area contributed by atoms with E-state index in [9.17, 15) is 4.79 Å². The molecule has 0 saturated carbocycles. The second-order valence-electron chi connectivity index (χ2n) is 8.60. The number of nitrogens with zero attached hydrogens (tertiary/aromatic N) is 2. The Hall–Kier alpha value is -2.28. The fourth-order valence-corrected chi connectivity index (χ4v) is 5.28. The molecule has 0 aliphatic carbocycles. The van der Waals surface area contributed by atoms with Crippen molar-refractivity contribution in [1.29, 1.82) is 0 Å². The third kappa shape index (κ3) is 4.84. The summed E-state index contributed by atoms with van der Waals surface area (Å²) < 4.78 is 15.2. The maximum atomic E-state index is 15.2. The van der Waals surface area contributed by atoms with Crippen LogP contribution in [0, 0.1) is 5.82 Å². The number of thioether (sulfide) groups is 1. The average molecular weight is 504 g/mol. The molecule has 2 aromatic rings. The van der Waals surface area contributed by atoms with Crippen molar-refractivity contribution in [3.63, 3.8) is 0 Å². The number of rotatable bonds is 4. The fraction of sp³-hybridized carbons (Fsp3) is 0.280. The van der Waals surface area contributed by atoms with Gasteiger partial charge in [0.2, 0.25) is 0 Å². The third-order valence-electron chi connectivity index (χ3n) is 5.61. The van der Waals surface area contributed by atoms with Gasteiger partial charge in [-0.2, -0.15) is 0 Å². The molecule has 2 aliphatic rings. The molecule has 1 N–H and O–H groups in total. The molecule has 4 rings (SSSR count). The molecule has 0 spiro atoms. The number of aliphatic imine (C=N–C) groups is 1. The zero-order chi connectivity index (χ0) is 23.9. The number of amidine groups is 1. The van der Waals surface area contributed by atoms with E-state index in [1.165, 1.54) is 0 Å². The fourth-order valence-electron chi connectivity index (χ4n) is 4.15. The van der Waals surface area contributed by atoms with Gasteiger partial charge in [-0.15, -0.1) is 0 Å². The Labute approximate surface area is 207 Å². The van der Waals surface area contributed by atoms with Crippen molar-refractivity contribution in [2.24, 2.45) is 4.99 Å². The van der Waals surface area contributed by atoms with Crippen molar-refractivity contribution in [1.82, 2.24) is 5.32 Å². The zero-order valence-electron chi connectivity index (χ0n) is 18.8. The number of hydrogen-bond donors (Lipinski definition) is 1. The normalized spacial score (nSPS) is 19.7. The minimum atomic E-state index is -0.365. The lowest BCUT2D eigenvalue weighted by Gasteiger charge is -2.43. The first kappa shape index (κ1) is 23.9. The molecule has 2 heterocycles. The van der Waals surface area contributed by atoms with Gasteiger partial charge < -0.3 is 10.2 Å². The number of carbonyl (C=O) groups excluding carboxylic acids is 1. The van der Waals surface area contributed by atoms with Crippen molar-refractivity contribution < 1.29 is 9.18 Å². The van der Waals surface area contributed by atoms with Crippen molar-refractivity contribution in [2.75, 3.05) is 11.4 Å². The summed E-state index contributed by atoms with van der Waals surface area (Å²) in [6, 6.07) is 8.37. The lowest BCUT2D eigenvalue weighted by Crippen LogP contribution is -2.45. The van der Waals surface area contributed by atoms with Crippen LogP contribution >= 0.6 is 35.0 Å². The van der Waals surface area contributed by atoms with Crippen LogP contribution in [0.4, 0.5) is 15.8 Å². The number of halogens is 3. The molecule has 1 fully saturated rings. The van der Waals surface area contributed by atoms with Gasteiger partial charge in [0.1, 0.15) is 5.82 Å². The van der Waals surface area contributed by atoms with E-state index in [1.54, 1.807) is 30.3 Å². The van der Waals surface area contributed by atoms with Gasteiger partial charge in [-0.1, -0.05) is 36.2 Å². The molecule has 0 unspecified atom stereocenters. The Kier molecular flexibility index (Phi) is 6.63. The molecule has 2 aromatic carbocycles. The van der Waals surface area contributed by atoms with Gasteiger partial charge in [-0.25, -0.2) is 9.38 Å². The van der Waals surface area contributed by atoms with E-state index in [1.807, 2.05) is 13.0 Å². The van der Waals surface area contributed by atoms with Crippen LogP contribution < -0.4 is 10.2 Å². The molecule has 1 saturated heterocycles. The standard InChI is InChI=1S/C25H24Cl2FN3OS/c1-5-8-31-21-12-20(28)15(9-17(21)14(2)13-25(31,3)4)10-22-23(32)30-24(33-22)29-16-6-7-18(26)19(27)11-16/h6-7,9-13H,5,8H2,1-4H3,(H,29,30,32)/b22-10+. The Morgan fingerprint density at radius 1 is 1.21 bits per heavy atom. The van der Waals surface area contributed by atoms with Gasteiger partial charge in [0.25, 0.3) is 5.91 Å². The summed E-state index contributed by atoms with van der Waals surface area (Å²) in [4.78, 5) is 19.5. The minimum Gasteiger partial charge on any atom is -0.362 e. The molecular weight excluding hydrogens is 480 g/mol. The van der Waals surface area contributed by atoms with Crippen LogP contribution in [0.2, 0.25) is 10.0 Å². The van der Waals surface area contributed by atoms with Gasteiger partial charge in [0, 0.05) is 23.4 Å². The summed E-state index contributed by atoms with van der Waals surface area (Å²) in [6.07, 6.45) is 4.74. The topological polar surface area (TPSA) is 44.7 Å². The van der Waals surface area contributed by atoms with E-state index >= 15 is 4.39 Å². The molecule has 0 bridgehead atoms. The second-order valence-corrected chi connectivity index (χ2v) is 10.4. The molecule has 172 valence electrons. The minimum absolute atomic E-state index is 0.198. The van der Waals surface area contributed by atoms with Crippen LogP contribution in [-0.2, 0) is 4.79 Å². The van der Waals surface area contributed by atoms with Crippen molar-refractivity contribution in [3.8, 4) is 0 Å². The summed E-state index contributed by atoms with van der Waals surface area (Å²) in [5.41, 5.74) is 3.68. The highest BCUT2D eigenvalue weighted by Crippen LogP contribution is 2.41. The quantitative estimate of drug-likeness (QED) is 0.441. The maximum Gasteiger partial charge on any atom is 0.264 e.